The molecule has 0 unspecified atom stereocenters. The molecule has 0 saturated carbocycles. The van der Waals surface area contributed by atoms with Crippen LogP contribution in [0.15, 0.2) is 66.9 Å². The summed E-state index contributed by atoms with van der Waals surface area (Å²) >= 11 is 0. The van der Waals surface area contributed by atoms with Gasteiger partial charge in [-0.1, -0.05) is 18.2 Å². The van der Waals surface area contributed by atoms with Crippen molar-refractivity contribution in [1.82, 2.24) is 4.98 Å². The highest BCUT2D eigenvalue weighted by atomic mass is 19.4. The van der Waals surface area contributed by atoms with Crippen LogP contribution in [0.1, 0.15) is 32.6 Å². The van der Waals surface area contributed by atoms with Crippen LogP contribution in [0.4, 0.5) is 18.9 Å². The molecule has 6 nitrogen and oxygen atoms in total. The highest BCUT2D eigenvalue weighted by Crippen LogP contribution is 2.39. The molecule has 1 aliphatic rings. The number of rotatable bonds is 5. The second kappa shape index (κ2) is 8.28. The van der Waals surface area contributed by atoms with Crippen molar-refractivity contribution in [3.63, 3.8) is 0 Å². The van der Waals surface area contributed by atoms with Crippen LogP contribution in [0, 0.1) is 0 Å². The van der Waals surface area contributed by atoms with E-state index in [0.29, 0.717) is 51.1 Å². The Bertz CT molecular complexity index is 1550. The van der Waals surface area contributed by atoms with Gasteiger partial charge < -0.3 is 14.8 Å². The van der Waals surface area contributed by atoms with E-state index in [1.54, 1.807) is 36.7 Å². The predicted octanol–water partition coefficient (Wildman–Crippen LogP) is 4.18. The van der Waals surface area contributed by atoms with Gasteiger partial charge in [-0.25, -0.2) is 9.79 Å². The number of hydrogen-bond donors (Lipinski definition) is 3. The van der Waals surface area contributed by atoms with Gasteiger partial charge in [0.1, 0.15) is 5.75 Å². The zero-order valence-electron chi connectivity index (χ0n) is 17.8. The highest BCUT2D eigenvalue weighted by molar-refractivity contribution is 6.25. The first-order valence-corrected chi connectivity index (χ1v) is 10.4. The molecule has 0 aliphatic carbocycles. The van der Waals surface area contributed by atoms with E-state index in [4.69, 9.17) is 4.74 Å². The zero-order valence-corrected chi connectivity index (χ0v) is 17.8. The van der Waals surface area contributed by atoms with Crippen molar-refractivity contribution in [2.24, 2.45) is 0 Å². The van der Waals surface area contributed by atoms with Gasteiger partial charge in [-0.3, -0.25) is 4.79 Å². The Morgan fingerprint density at radius 3 is 2.43 bits per heavy atom. The number of ether oxygens (including phenoxy) is 1. The molecule has 0 amide bonds. The van der Waals surface area contributed by atoms with E-state index in [1.165, 1.54) is 24.3 Å². The summed E-state index contributed by atoms with van der Waals surface area (Å²) in [7, 11) is 0. The summed E-state index contributed by atoms with van der Waals surface area (Å²) < 4.78 is 44.5. The molecular formula is C26H16F3N2O4+. The van der Waals surface area contributed by atoms with Crippen molar-refractivity contribution in [2.45, 2.75) is 6.18 Å². The normalized spacial score (nSPS) is 14.1. The van der Waals surface area contributed by atoms with E-state index >= 15 is 0 Å². The summed E-state index contributed by atoms with van der Waals surface area (Å²) in [4.78, 5) is 28.3. The number of carbonyl (C=O) groups excluding carboxylic acids is 1. The third kappa shape index (κ3) is 3.97. The Morgan fingerprint density at radius 1 is 1.00 bits per heavy atom. The van der Waals surface area contributed by atoms with Gasteiger partial charge in [-0.15, -0.1) is 0 Å². The largest absolute Gasteiger partial charge is 0.478 e. The number of carboxylic acids is 1. The molecule has 0 atom stereocenters. The minimum Gasteiger partial charge on any atom is -0.478 e. The highest BCUT2D eigenvalue weighted by Gasteiger charge is 2.31. The molecule has 3 N–H and O–H groups in total. The molecule has 3 aromatic carbocycles. The summed E-state index contributed by atoms with van der Waals surface area (Å²) in [6.07, 6.45) is -1.04. The summed E-state index contributed by atoms with van der Waals surface area (Å²) in [6, 6.07) is 14.5. The van der Waals surface area contributed by atoms with Gasteiger partial charge in [0, 0.05) is 28.2 Å². The molecule has 0 saturated heterocycles. The van der Waals surface area contributed by atoms with Gasteiger partial charge in [-0.05, 0) is 42.0 Å². The first-order valence-electron chi connectivity index (χ1n) is 10.4. The molecule has 9 heteroatoms. The Labute approximate surface area is 196 Å². The molecule has 2 heterocycles. The molecule has 5 rings (SSSR count). The minimum absolute atomic E-state index is 0.108. The maximum atomic E-state index is 13.2. The number of nitrogens with one attached hydrogen (secondary N) is 2. The van der Waals surface area contributed by atoms with Crippen molar-refractivity contribution in [3.8, 4) is 5.75 Å². The average molecular weight is 477 g/mol. The fourth-order valence-corrected chi connectivity index (χ4v) is 4.19. The third-order valence-electron chi connectivity index (χ3n) is 5.81. The first-order chi connectivity index (χ1) is 16.8. The number of carbonyl (C=O) groups is 2. The molecule has 0 radical (unpaired) electrons. The molecule has 35 heavy (non-hydrogen) atoms. The quantitative estimate of drug-likeness (QED) is 0.376. The summed E-state index contributed by atoms with van der Waals surface area (Å²) in [6.45, 7) is 0.322. The van der Waals surface area contributed by atoms with Gasteiger partial charge in [0.25, 0.3) is 6.47 Å². The van der Waals surface area contributed by atoms with Gasteiger partial charge in [0.2, 0.25) is 5.69 Å². The topological polar surface area (TPSA) is 93.4 Å². The third-order valence-corrected chi connectivity index (χ3v) is 5.81. The molecule has 174 valence electrons. The number of aromatic carboxylic acids is 1. The maximum absolute atomic E-state index is 13.2. The van der Waals surface area contributed by atoms with Gasteiger partial charge in [0.15, 0.2) is 6.21 Å². The summed E-state index contributed by atoms with van der Waals surface area (Å²) in [5, 5.41) is 10.0. The van der Waals surface area contributed by atoms with Crippen LogP contribution in [-0.2, 0) is 11.0 Å². The van der Waals surface area contributed by atoms with Crippen LogP contribution in [-0.4, -0.2) is 28.7 Å². The van der Waals surface area contributed by atoms with Crippen LogP contribution >= 0.6 is 0 Å². The SMILES string of the molecule is O=COc1ccc2c(c1)[NH+]=C/C2=C(/c1ccc(C(F)(F)F)cc1)c1c[nH]c2cc(C(=O)O)ccc12. The van der Waals surface area contributed by atoms with Crippen molar-refractivity contribution in [2.75, 3.05) is 0 Å². The van der Waals surface area contributed by atoms with E-state index in [2.05, 4.69) is 9.98 Å². The second-order valence-corrected chi connectivity index (χ2v) is 7.84. The zero-order chi connectivity index (χ0) is 24.7. The number of benzene rings is 3. The van der Waals surface area contributed by atoms with Crippen molar-refractivity contribution in [1.29, 1.82) is 0 Å². The number of halogens is 3. The lowest BCUT2D eigenvalue weighted by molar-refractivity contribution is -0.342. The van der Waals surface area contributed by atoms with Gasteiger partial charge >= 0.3 is 12.1 Å². The Morgan fingerprint density at radius 2 is 1.74 bits per heavy atom. The maximum Gasteiger partial charge on any atom is 0.416 e. The first kappa shape index (κ1) is 22.1. The Hall–Kier alpha value is -4.66. The standard InChI is InChI=1S/C26H15F3N2O4/c27-26(28,29)16-4-1-14(2-5-16)24(20-11-30-22-9-15(25(33)34)3-7-18(20)22)21-12-31-23-10-17(35-13-32)6-8-19(21)23/h1-13,30H,(H,33,34)/p+1/b24-21+. The fraction of sp³-hybridized carbons (Fsp3) is 0.0385. The summed E-state index contributed by atoms with van der Waals surface area (Å²) in [5.41, 5.74) is 3.92. The molecule has 0 fully saturated rings. The minimum atomic E-state index is -4.47. The molecular weight excluding hydrogens is 461 g/mol. The molecule has 1 aromatic heterocycles. The molecule has 4 aromatic rings. The second-order valence-electron chi connectivity index (χ2n) is 7.84. The van der Waals surface area contributed by atoms with Crippen LogP contribution in [0.5, 0.6) is 5.75 Å². The number of fused-ring (bicyclic) bond motifs is 2. The van der Waals surface area contributed by atoms with Crippen LogP contribution in [0.3, 0.4) is 0 Å². The lowest BCUT2D eigenvalue weighted by Crippen LogP contribution is -2.58. The van der Waals surface area contributed by atoms with Crippen LogP contribution < -0.4 is 9.73 Å². The van der Waals surface area contributed by atoms with E-state index in [-0.39, 0.29) is 5.56 Å². The molecule has 0 bridgehead atoms. The Kier molecular flexibility index (Phi) is 5.24. The van der Waals surface area contributed by atoms with Gasteiger partial charge in [0.05, 0.1) is 28.3 Å². The molecule has 1 aliphatic heterocycles. The number of carboxylic acid groups (broad SMARTS) is 1. The van der Waals surface area contributed by atoms with E-state index < -0.39 is 17.7 Å². The van der Waals surface area contributed by atoms with E-state index in [1.807, 2.05) is 0 Å². The monoisotopic (exact) mass is 477 g/mol. The smallest absolute Gasteiger partial charge is 0.416 e. The number of H-pyrrole nitrogens is 1. The van der Waals surface area contributed by atoms with E-state index in [9.17, 15) is 27.9 Å². The number of allylic oxidation sites excluding steroid dienone is 1. The van der Waals surface area contributed by atoms with Crippen molar-refractivity contribution >= 4 is 46.4 Å². The van der Waals surface area contributed by atoms with Gasteiger partial charge in [-0.2, -0.15) is 13.2 Å². The van der Waals surface area contributed by atoms with Crippen molar-refractivity contribution in [3.05, 3.63) is 94.7 Å². The number of aromatic amines is 1. The number of alkyl halides is 3. The Balaban J connectivity index is 1.74. The van der Waals surface area contributed by atoms with Crippen LogP contribution in [0.25, 0.3) is 22.0 Å². The number of hydrogen-bond acceptors (Lipinski definition) is 3. The molecule has 0 spiro atoms. The summed E-state index contributed by atoms with van der Waals surface area (Å²) in [5.74, 6) is -0.731. The predicted molar refractivity (Wildman–Crippen MR) is 122 cm³/mol. The van der Waals surface area contributed by atoms with Crippen molar-refractivity contribution < 1.29 is 37.6 Å². The number of aromatic nitrogens is 1. The van der Waals surface area contributed by atoms with Crippen LogP contribution in [0.2, 0.25) is 0 Å². The lowest BCUT2D eigenvalue weighted by Gasteiger charge is -2.12. The fourth-order valence-electron chi connectivity index (χ4n) is 4.19. The average Bonchev–Trinajstić information content (AvgIpc) is 3.43. The van der Waals surface area contributed by atoms with E-state index in [0.717, 1.165) is 17.7 Å². The lowest BCUT2D eigenvalue weighted by atomic mass is 9.89.